The van der Waals surface area contributed by atoms with E-state index in [1.54, 1.807) is 4.57 Å². The number of hydrogen-bond acceptors (Lipinski definition) is 5. The van der Waals surface area contributed by atoms with Gasteiger partial charge in [0.1, 0.15) is 0 Å². The number of rotatable bonds is 4. The van der Waals surface area contributed by atoms with Crippen LogP contribution in [0.3, 0.4) is 0 Å². The quantitative estimate of drug-likeness (QED) is 0.347. The molecule has 0 atom stereocenters. The molecule has 7 nitrogen and oxygen atoms in total. The summed E-state index contributed by atoms with van der Waals surface area (Å²) in [5, 5.41) is 10.0. The van der Waals surface area contributed by atoms with Gasteiger partial charge in [-0.1, -0.05) is 60.3 Å². The average molecular weight is 496 g/mol. The number of amides is 1. The molecule has 0 saturated heterocycles. The first kappa shape index (κ1) is 22.5. The van der Waals surface area contributed by atoms with Gasteiger partial charge in [0, 0.05) is 13.1 Å². The Balaban J connectivity index is 1.39. The fraction of sp³-hybridized carbons (Fsp3) is 0.214. The van der Waals surface area contributed by atoms with Crippen LogP contribution in [0.1, 0.15) is 22.3 Å². The molecule has 0 unspecified atom stereocenters. The van der Waals surface area contributed by atoms with Crippen LogP contribution in [-0.4, -0.2) is 42.3 Å². The van der Waals surface area contributed by atoms with E-state index in [-0.39, 0.29) is 17.2 Å². The first-order valence-corrected chi connectivity index (χ1v) is 12.9. The largest absolute Gasteiger partial charge is 0.337 e. The summed E-state index contributed by atoms with van der Waals surface area (Å²) >= 11 is 1.35. The highest BCUT2D eigenvalue weighted by Gasteiger charge is 2.23. The standard InChI is InChI=1S/C28H25N5O2S/c1-18-11-12-19(2)24(15-18)32-26(35)22-9-5-6-10-23(22)33-27(32)29-30-28(33)36-17-25(34)31-14-13-20-7-3-4-8-21(20)16-31/h3-12,15H,13-14,16-17H2,1-2H3. The maximum atomic E-state index is 13.6. The number of carbonyl (C=O) groups is 1. The van der Waals surface area contributed by atoms with Gasteiger partial charge in [-0.25, -0.2) is 4.57 Å². The highest BCUT2D eigenvalue weighted by molar-refractivity contribution is 7.99. The number of fused-ring (bicyclic) bond motifs is 4. The van der Waals surface area contributed by atoms with Crippen molar-refractivity contribution in [1.82, 2.24) is 24.1 Å². The molecule has 0 aliphatic carbocycles. The average Bonchev–Trinajstić information content (AvgIpc) is 3.33. The molecule has 36 heavy (non-hydrogen) atoms. The number of benzene rings is 3. The first-order chi connectivity index (χ1) is 17.5. The van der Waals surface area contributed by atoms with Crippen molar-refractivity contribution in [2.45, 2.75) is 32.0 Å². The maximum Gasteiger partial charge on any atom is 0.267 e. The second-order valence-corrected chi connectivity index (χ2v) is 10.1. The zero-order chi connectivity index (χ0) is 24.8. The predicted octanol–water partition coefficient (Wildman–Crippen LogP) is 4.33. The molecular weight excluding hydrogens is 470 g/mol. The van der Waals surface area contributed by atoms with Crippen LogP contribution in [0.25, 0.3) is 22.4 Å². The lowest BCUT2D eigenvalue weighted by Gasteiger charge is -2.28. The van der Waals surface area contributed by atoms with Crippen LogP contribution in [0.2, 0.25) is 0 Å². The summed E-state index contributed by atoms with van der Waals surface area (Å²) in [4.78, 5) is 28.6. The molecule has 3 aromatic carbocycles. The van der Waals surface area contributed by atoms with Crippen LogP contribution < -0.4 is 5.56 Å². The molecule has 1 aliphatic rings. The zero-order valence-corrected chi connectivity index (χ0v) is 21.0. The van der Waals surface area contributed by atoms with Gasteiger partial charge in [-0.3, -0.25) is 14.0 Å². The van der Waals surface area contributed by atoms with Gasteiger partial charge < -0.3 is 4.90 Å². The smallest absolute Gasteiger partial charge is 0.267 e. The SMILES string of the molecule is Cc1ccc(C)c(-n2c(=O)c3ccccc3n3c(SCC(=O)N4CCc5ccccc5C4)nnc23)c1. The molecule has 180 valence electrons. The molecule has 0 saturated carbocycles. The monoisotopic (exact) mass is 495 g/mol. The molecule has 0 fully saturated rings. The second-order valence-electron chi connectivity index (χ2n) is 9.19. The lowest BCUT2D eigenvalue weighted by Crippen LogP contribution is -2.37. The summed E-state index contributed by atoms with van der Waals surface area (Å²) < 4.78 is 3.52. The van der Waals surface area contributed by atoms with Crippen molar-refractivity contribution in [3.63, 3.8) is 0 Å². The number of thioether (sulfide) groups is 1. The Kier molecular flexibility index (Phi) is 5.60. The topological polar surface area (TPSA) is 72.5 Å². The van der Waals surface area contributed by atoms with Crippen LogP contribution in [0.4, 0.5) is 0 Å². The molecule has 0 spiro atoms. The van der Waals surface area contributed by atoms with E-state index in [2.05, 4.69) is 22.3 Å². The van der Waals surface area contributed by atoms with Crippen molar-refractivity contribution in [2.75, 3.05) is 12.3 Å². The Hall–Kier alpha value is -3.91. The third-order valence-corrected chi connectivity index (χ3v) is 7.72. The van der Waals surface area contributed by atoms with Gasteiger partial charge in [-0.2, -0.15) is 0 Å². The summed E-state index contributed by atoms with van der Waals surface area (Å²) in [6.45, 7) is 5.33. The van der Waals surface area contributed by atoms with E-state index in [1.165, 1.54) is 22.9 Å². The summed E-state index contributed by atoms with van der Waals surface area (Å²) in [5.74, 6) is 0.757. The Morgan fingerprint density at radius 3 is 2.61 bits per heavy atom. The van der Waals surface area contributed by atoms with Gasteiger partial charge >= 0.3 is 0 Å². The number of para-hydroxylation sites is 1. The van der Waals surface area contributed by atoms with Gasteiger partial charge in [-0.15, -0.1) is 10.2 Å². The molecule has 1 amide bonds. The van der Waals surface area contributed by atoms with Crippen LogP contribution >= 0.6 is 11.8 Å². The molecule has 8 heteroatoms. The number of hydrogen-bond donors (Lipinski definition) is 0. The third-order valence-electron chi connectivity index (χ3n) is 6.81. The van der Waals surface area contributed by atoms with Crippen molar-refractivity contribution < 1.29 is 4.79 Å². The van der Waals surface area contributed by atoms with E-state index in [9.17, 15) is 9.59 Å². The van der Waals surface area contributed by atoms with Gasteiger partial charge in [0.2, 0.25) is 11.7 Å². The van der Waals surface area contributed by atoms with E-state index in [0.717, 1.165) is 28.8 Å². The van der Waals surface area contributed by atoms with E-state index in [4.69, 9.17) is 0 Å². The van der Waals surface area contributed by atoms with Crippen LogP contribution in [-0.2, 0) is 17.8 Å². The van der Waals surface area contributed by atoms with Crippen molar-refractivity contribution in [3.05, 3.63) is 99.3 Å². The van der Waals surface area contributed by atoms with Crippen molar-refractivity contribution >= 4 is 34.3 Å². The van der Waals surface area contributed by atoms with Crippen LogP contribution in [0, 0.1) is 13.8 Å². The third kappa shape index (κ3) is 3.78. The van der Waals surface area contributed by atoms with Crippen molar-refractivity contribution in [2.24, 2.45) is 0 Å². The van der Waals surface area contributed by atoms with Crippen LogP contribution in [0.5, 0.6) is 0 Å². The molecule has 0 N–H and O–H groups in total. The second kappa shape index (κ2) is 8.95. The molecule has 2 aromatic heterocycles. The zero-order valence-electron chi connectivity index (χ0n) is 20.1. The molecular formula is C28H25N5O2S. The van der Waals surface area contributed by atoms with E-state index in [0.29, 0.717) is 29.4 Å². The summed E-state index contributed by atoms with van der Waals surface area (Å²) in [6, 6.07) is 21.8. The van der Waals surface area contributed by atoms with E-state index < -0.39 is 0 Å². The van der Waals surface area contributed by atoms with Crippen molar-refractivity contribution in [1.29, 1.82) is 0 Å². The molecule has 1 aliphatic heterocycles. The van der Waals surface area contributed by atoms with Gasteiger partial charge in [0.05, 0.1) is 22.3 Å². The Labute approximate surface area is 212 Å². The Morgan fingerprint density at radius 2 is 1.75 bits per heavy atom. The highest BCUT2D eigenvalue weighted by Crippen LogP contribution is 2.26. The normalized spacial score (nSPS) is 13.3. The van der Waals surface area contributed by atoms with Crippen molar-refractivity contribution in [3.8, 4) is 5.69 Å². The Bertz CT molecular complexity index is 1700. The fourth-order valence-electron chi connectivity index (χ4n) is 4.88. The lowest BCUT2D eigenvalue weighted by atomic mass is 10.00. The number of carbonyl (C=O) groups excluding carboxylic acids is 1. The summed E-state index contributed by atoms with van der Waals surface area (Å²) in [6.07, 6.45) is 0.868. The number of nitrogens with zero attached hydrogens (tertiary/aromatic N) is 5. The van der Waals surface area contributed by atoms with Gasteiger partial charge in [0.25, 0.3) is 5.56 Å². The van der Waals surface area contributed by atoms with Crippen LogP contribution in [0.15, 0.2) is 76.7 Å². The molecule has 3 heterocycles. The summed E-state index contributed by atoms with van der Waals surface area (Å²) in [5.41, 5.74) is 5.91. The minimum absolute atomic E-state index is 0.0680. The number of aryl methyl sites for hydroxylation is 2. The molecule has 5 aromatic rings. The van der Waals surface area contributed by atoms with E-state index in [1.807, 2.05) is 77.7 Å². The molecule has 0 bridgehead atoms. The minimum Gasteiger partial charge on any atom is -0.337 e. The van der Waals surface area contributed by atoms with Gasteiger partial charge in [0.15, 0.2) is 5.16 Å². The number of aromatic nitrogens is 4. The molecule has 6 rings (SSSR count). The van der Waals surface area contributed by atoms with E-state index >= 15 is 0 Å². The Morgan fingerprint density at radius 1 is 0.972 bits per heavy atom. The molecule has 0 radical (unpaired) electrons. The lowest BCUT2D eigenvalue weighted by molar-refractivity contribution is -0.129. The summed E-state index contributed by atoms with van der Waals surface area (Å²) in [7, 11) is 0. The van der Waals surface area contributed by atoms with Gasteiger partial charge in [-0.05, 0) is 60.7 Å². The minimum atomic E-state index is -0.140. The highest BCUT2D eigenvalue weighted by atomic mass is 32.2. The maximum absolute atomic E-state index is 13.6. The fourth-order valence-corrected chi connectivity index (χ4v) is 5.72. The first-order valence-electron chi connectivity index (χ1n) is 11.9. The predicted molar refractivity (Wildman–Crippen MR) is 142 cm³/mol.